The molecule has 13 heavy (non-hydrogen) atoms. The second kappa shape index (κ2) is 3.50. The van der Waals surface area contributed by atoms with Gasteiger partial charge in [0.25, 0.3) is 0 Å². The topological polar surface area (TPSA) is 35.5 Å². The summed E-state index contributed by atoms with van der Waals surface area (Å²) in [6, 6.07) is 0. The van der Waals surface area contributed by atoms with Gasteiger partial charge in [0.05, 0.1) is 6.10 Å². The first kappa shape index (κ1) is 8.75. The van der Waals surface area contributed by atoms with Crippen molar-refractivity contribution in [3.63, 3.8) is 0 Å². The van der Waals surface area contributed by atoms with Gasteiger partial charge in [-0.3, -0.25) is 0 Å². The fourth-order valence-corrected chi connectivity index (χ4v) is 2.24. The Hall–Kier alpha value is -0.830. The number of fused-ring (bicyclic) bond motifs is 1. The molecule has 0 amide bonds. The van der Waals surface area contributed by atoms with Crippen LogP contribution in [0.25, 0.3) is 0 Å². The number of carbonyl (C=O) groups is 1. The lowest BCUT2D eigenvalue weighted by molar-refractivity contribution is -0.148. The number of hydrogen-bond acceptors (Lipinski definition) is 3. The van der Waals surface area contributed by atoms with Gasteiger partial charge in [-0.2, -0.15) is 0 Å². The minimum Gasteiger partial charge on any atom is -0.456 e. The van der Waals surface area contributed by atoms with Gasteiger partial charge in [0.1, 0.15) is 6.10 Å². The summed E-state index contributed by atoms with van der Waals surface area (Å²) in [7, 11) is 0. The van der Waals surface area contributed by atoms with Crippen molar-refractivity contribution < 1.29 is 14.3 Å². The van der Waals surface area contributed by atoms with Crippen LogP contribution >= 0.6 is 0 Å². The summed E-state index contributed by atoms with van der Waals surface area (Å²) in [5.41, 5.74) is 0. The molecular formula is C10H14O3. The Kier molecular flexibility index (Phi) is 2.36. The smallest absolute Gasteiger partial charge is 0.330 e. The third-order valence-electron chi connectivity index (χ3n) is 2.89. The SMILES string of the molecule is C=CC(=O)OC1CCC2CCOC21. The highest BCUT2D eigenvalue weighted by Gasteiger charge is 2.42. The number of rotatable bonds is 2. The quantitative estimate of drug-likeness (QED) is 0.476. The number of hydrogen-bond donors (Lipinski definition) is 0. The van der Waals surface area contributed by atoms with Crippen molar-refractivity contribution in [2.24, 2.45) is 5.92 Å². The average molecular weight is 182 g/mol. The van der Waals surface area contributed by atoms with E-state index in [0.717, 1.165) is 25.9 Å². The molecule has 0 aromatic rings. The molecule has 0 N–H and O–H groups in total. The molecule has 1 aliphatic carbocycles. The van der Waals surface area contributed by atoms with Gasteiger partial charge in [0, 0.05) is 12.7 Å². The van der Waals surface area contributed by atoms with Crippen molar-refractivity contribution in [1.29, 1.82) is 0 Å². The molecule has 2 aliphatic rings. The second-order valence-electron chi connectivity index (χ2n) is 3.64. The van der Waals surface area contributed by atoms with E-state index in [2.05, 4.69) is 6.58 Å². The van der Waals surface area contributed by atoms with E-state index < -0.39 is 0 Å². The third kappa shape index (κ3) is 1.61. The standard InChI is InChI=1S/C10H14O3/c1-2-9(11)13-8-4-3-7-5-6-12-10(7)8/h2,7-8,10H,1,3-6H2. The van der Waals surface area contributed by atoms with E-state index in [1.165, 1.54) is 6.08 Å². The third-order valence-corrected chi connectivity index (χ3v) is 2.89. The summed E-state index contributed by atoms with van der Waals surface area (Å²) in [6.07, 6.45) is 4.52. The Balaban J connectivity index is 1.93. The van der Waals surface area contributed by atoms with Crippen molar-refractivity contribution in [3.8, 4) is 0 Å². The molecule has 72 valence electrons. The lowest BCUT2D eigenvalue weighted by atomic mass is 10.1. The van der Waals surface area contributed by atoms with E-state index in [1.807, 2.05) is 0 Å². The molecule has 3 atom stereocenters. The summed E-state index contributed by atoms with van der Waals surface area (Å²) in [5, 5.41) is 0. The van der Waals surface area contributed by atoms with Gasteiger partial charge in [0.15, 0.2) is 0 Å². The van der Waals surface area contributed by atoms with Crippen LogP contribution in [-0.2, 0) is 14.3 Å². The van der Waals surface area contributed by atoms with Crippen LogP contribution in [0.3, 0.4) is 0 Å². The van der Waals surface area contributed by atoms with Crippen molar-refractivity contribution in [2.75, 3.05) is 6.61 Å². The van der Waals surface area contributed by atoms with Gasteiger partial charge in [-0.25, -0.2) is 4.79 Å². The molecule has 0 spiro atoms. The lowest BCUT2D eigenvalue weighted by Gasteiger charge is -2.17. The van der Waals surface area contributed by atoms with Crippen LogP contribution in [0.2, 0.25) is 0 Å². The maximum absolute atomic E-state index is 11.0. The van der Waals surface area contributed by atoms with E-state index >= 15 is 0 Å². The van der Waals surface area contributed by atoms with Crippen molar-refractivity contribution in [3.05, 3.63) is 12.7 Å². The van der Waals surface area contributed by atoms with Crippen LogP contribution in [0.15, 0.2) is 12.7 Å². The second-order valence-corrected chi connectivity index (χ2v) is 3.64. The first-order valence-electron chi connectivity index (χ1n) is 4.76. The predicted molar refractivity (Wildman–Crippen MR) is 47.2 cm³/mol. The molecule has 0 radical (unpaired) electrons. The summed E-state index contributed by atoms with van der Waals surface area (Å²) < 4.78 is 10.7. The Bertz CT molecular complexity index is 224. The monoisotopic (exact) mass is 182 g/mol. The molecule has 3 heteroatoms. The Morgan fingerprint density at radius 1 is 1.46 bits per heavy atom. The fourth-order valence-electron chi connectivity index (χ4n) is 2.24. The molecular weight excluding hydrogens is 168 g/mol. The lowest BCUT2D eigenvalue weighted by Crippen LogP contribution is -2.28. The summed E-state index contributed by atoms with van der Waals surface area (Å²) in [6.45, 7) is 4.19. The number of ether oxygens (including phenoxy) is 2. The number of carbonyl (C=O) groups excluding carboxylic acids is 1. The summed E-state index contributed by atoms with van der Waals surface area (Å²) >= 11 is 0. The van der Waals surface area contributed by atoms with E-state index in [0.29, 0.717) is 5.92 Å². The van der Waals surface area contributed by atoms with Crippen LogP contribution in [-0.4, -0.2) is 24.8 Å². The largest absolute Gasteiger partial charge is 0.456 e. The first-order valence-corrected chi connectivity index (χ1v) is 4.76. The van der Waals surface area contributed by atoms with E-state index in [4.69, 9.17) is 9.47 Å². The molecule has 0 aromatic heterocycles. The van der Waals surface area contributed by atoms with Crippen LogP contribution in [0, 0.1) is 5.92 Å². The normalized spacial score (nSPS) is 37.1. The molecule has 0 bridgehead atoms. The molecule has 2 fully saturated rings. The van der Waals surface area contributed by atoms with Gasteiger partial charge >= 0.3 is 5.97 Å². The van der Waals surface area contributed by atoms with Gasteiger partial charge in [-0.15, -0.1) is 0 Å². The highest BCUT2D eigenvalue weighted by molar-refractivity contribution is 5.81. The van der Waals surface area contributed by atoms with Crippen LogP contribution in [0.5, 0.6) is 0 Å². The van der Waals surface area contributed by atoms with Crippen LogP contribution in [0.1, 0.15) is 19.3 Å². The summed E-state index contributed by atoms with van der Waals surface area (Å²) in [4.78, 5) is 11.0. The molecule has 1 saturated heterocycles. The zero-order chi connectivity index (χ0) is 9.26. The maximum Gasteiger partial charge on any atom is 0.330 e. The van der Waals surface area contributed by atoms with Gasteiger partial charge < -0.3 is 9.47 Å². The van der Waals surface area contributed by atoms with Crippen molar-refractivity contribution >= 4 is 5.97 Å². The molecule has 1 saturated carbocycles. The van der Waals surface area contributed by atoms with Crippen LogP contribution in [0.4, 0.5) is 0 Å². The maximum atomic E-state index is 11.0. The highest BCUT2D eigenvalue weighted by atomic mass is 16.6. The average Bonchev–Trinajstić information content (AvgIpc) is 2.69. The minimum atomic E-state index is -0.332. The molecule has 2 rings (SSSR count). The minimum absolute atomic E-state index is 0.0296. The van der Waals surface area contributed by atoms with Gasteiger partial charge in [-0.05, 0) is 25.2 Å². The molecule has 1 aliphatic heterocycles. The Labute approximate surface area is 77.7 Å². The van der Waals surface area contributed by atoms with Crippen molar-refractivity contribution in [1.82, 2.24) is 0 Å². The molecule has 3 nitrogen and oxygen atoms in total. The molecule has 0 aromatic carbocycles. The highest BCUT2D eigenvalue weighted by Crippen LogP contribution is 2.37. The van der Waals surface area contributed by atoms with E-state index in [1.54, 1.807) is 0 Å². The Morgan fingerprint density at radius 2 is 2.31 bits per heavy atom. The molecule has 1 heterocycles. The zero-order valence-electron chi connectivity index (χ0n) is 7.57. The number of esters is 1. The van der Waals surface area contributed by atoms with Gasteiger partial charge in [-0.1, -0.05) is 6.58 Å². The van der Waals surface area contributed by atoms with Crippen molar-refractivity contribution in [2.45, 2.75) is 31.5 Å². The zero-order valence-corrected chi connectivity index (χ0v) is 7.57. The predicted octanol–water partition coefficient (Wildman–Crippen LogP) is 1.28. The summed E-state index contributed by atoms with van der Waals surface area (Å²) in [5.74, 6) is 0.281. The fraction of sp³-hybridized carbons (Fsp3) is 0.700. The van der Waals surface area contributed by atoms with E-state index in [-0.39, 0.29) is 18.2 Å². The molecule has 3 unspecified atom stereocenters. The Morgan fingerprint density at radius 3 is 3.08 bits per heavy atom. The first-order chi connectivity index (χ1) is 6.31. The van der Waals surface area contributed by atoms with Gasteiger partial charge in [0.2, 0.25) is 0 Å². The van der Waals surface area contributed by atoms with Crippen LogP contribution < -0.4 is 0 Å². The van der Waals surface area contributed by atoms with E-state index in [9.17, 15) is 4.79 Å².